The van der Waals surface area contributed by atoms with Crippen LogP contribution >= 0.6 is 23.1 Å². The lowest BCUT2D eigenvalue weighted by Crippen LogP contribution is -2.52. The lowest BCUT2D eigenvalue weighted by molar-refractivity contribution is -0.129. The Morgan fingerprint density at radius 3 is 2.55 bits per heavy atom. The van der Waals surface area contributed by atoms with Crippen LogP contribution in [0.15, 0.2) is 29.6 Å². The molecule has 5 N–H and O–H groups in total. The number of benzene rings is 1. The van der Waals surface area contributed by atoms with Crippen molar-refractivity contribution in [1.82, 2.24) is 10.6 Å². The Bertz CT molecular complexity index is 833. The number of phenolic OH excluding ortho intramolecular Hbond substituents is 1. The summed E-state index contributed by atoms with van der Waals surface area (Å²) in [5.74, 6) is 0.452. The Morgan fingerprint density at radius 1 is 1.23 bits per heavy atom. The Hall–Kier alpha value is -2.03. The normalized spacial score (nSPS) is 12.9. The van der Waals surface area contributed by atoms with E-state index in [1.54, 1.807) is 35.2 Å². The Balaban J connectivity index is 1.90. The second-order valence-electron chi connectivity index (χ2n) is 7.69. The first-order chi connectivity index (χ1) is 14.8. The second kappa shape index (κ2) is 12.7. The molecule has 0 radical (unpaired) electrons. The van der Waals surface area contributed by atoms with E-state index in [1.165, 1.54) is 4.88 Å². The Kier molecular flexibility index (Phi) is 10.4. The number of hydrogen-bond acceptors (Lipinski definition) is 6. The molecule has 0 aliphatic carbocycles. The second-order valence-corrected chi connectivity index (χ2v) is 9.70. The molecule has 6 nitrogen and oxygen atoms in total. The SMILES string of the molecule is CSCC[C@@H](NC(=O)C(N)Cc1c(C)cc(O)cc1C)C(=O)NCCCc1cccs1. The van der Waals surface area contributed by atoms with Crippen LogP contribution in [0.1, 0.15) is 34.4 Å². The molecule has 1 aromatic carbocycles. The molecule has 8 heteroatoms. The minimum atomic E-state index is -0.773. The number of amides is 2. The molecule has 2 atom stereocenters. The number of hydrogen-bond donors (Lipinski definition) is 4. The van der Waals surface area contributed by atoms with E-state index in [4.69, 9.17) is 5.73 Å². The van der Waals surface area contributed by atoms with E-state index in [1.807, 2.05) is 31.5 Å². The Morgan fingerprint density at radius 2 is 1.94 bits per heavy atom. The van der Waals surface area contributed by atoms with Crippen molar-refractivity contribution in [3.8, 4) is 5.75 Å². The van der Waals surface area contributed by atoms with Crippen LogP contribution in [-0.4, -0.2) is 47.6 Å². The molecule has 0 fully saturated rings. The van der Waals surface area contributed by atoms with Crippen LogP contribution in [0.2, 0.25) is 0 Å². The predicted molar refractivity (Wildman–Crippen MR) is 130 cm³/mol. The average molecular weight is 464 g/mol. The highest BCUT2D eigenvalue weighted by Gasteiger charge is 2.24. The van der Waals surface area contributed by atoms with Crippen LogP contribution in [-0.2, 0) is 22.4 Å². The highest BCUT2D eigenvalue weighted by atomic mass is 32.2. The maximum absolute atomic E-state index is 12.7. The molecule has 0 aliphatic rings. The molecule has 0 bridgehead atoms. The van der Waals surface area contributed by atoms with Crippen LogP contribution < -0.4 is 16.4 Å². The highest BCUT2D eigenvalue weighted by molar-refractivity contribution is 7.98. The summed E-state index contributed by atoms with van der Waals surface area (Å²) in [5, 5.41) is 17.5. The summed E-state index contributed by atoms with van der Waals surface area (Å²) < 4.78 is 0. The number of phenols is 1. The molecule has 0 saturated heterocycles. The maximum Gasteiger partial charge on any atom is 0.242 e. The van der Waals surface area contributed by atoms with E-state index in [9.17, 15) is 14.7 Å². The lowest BCUT2D eigenvalue weighted by Gasteiger charge is -2.21. The van der Waals surface area contributed by atoms with Crippen molar-refractivity contribution in [2.75, 3.05) is 18.6 Å². The van der Waals surface area contributed by atoms with Gasteiger partial charge in [-0.15, -0.1) is 11.3 Å². The van der Waals surface area contributed by atoms with E-state index in [0.29, 0.717) is 19.4 Å². The van der Waals surface area contributed by atoms with Gasteiger partial charge >= 0.3 is 0 Å². The van der Waals surface area contributed by atoms with Crippen molar-refractivity contribution in [1.29, 1.82) is 0 Å². The topological polar surface area (TPSA) is 104 Å². The first-order valence-corrected chi connectivity index (χ1v) is 12.7. The van der Waals surface area contributed by atoms with E-state index in [2.05, 4.69) is 16.7 Å². The predicted octanol–water partition coefficient (Wildman–Crippen LogP) is 2.93. The fraction of sp³-hybridized carbons (Fsp3) is 0.478. The molecule has 2 rings (SSSR count). The fourth-order valence-corrected chi connectivity index (χ4v) is 4.66. The number of aryl methyl sites for hydroxylation is 3. The molecule has 170 valence electrons. The van der Waals surface area contributed by atoms with Crippen molar-refractivity contribution in [3.05, 3.63) is 51.2 Å². The number of carbonyl (C=O) groups is 2. The van der Waals surface area contributed by atoms with Gasteiger partial charge in [0, 0.05) is 11.4 Å². The first kappa shape index (κ1) is 25.2. The van der Waals surface area contributed by atoms with E-state index < -0.39 is 12.1 Å². The minimum Gasteiger partial charge on any atom is -0.508 e. The van der Waals surface area contributed by atoms with Gasteiger partial charge in [-0.25, -0.2) is 0 Å². The Labute approximate surface area is 193 Å². The minimum absolute atomic E-state index is 0.169. The zero-order valence-electron chi connectivity index (χ0n) is 18.4. The molecule has 1 unspecified atom stereocenters. The smallest absolute Gasteiger partial charge is 0.242 e. The molecule has 0 spiro atoms. The third-order valence-electron chi connectivity index (χ3n) is 5.16. The van der Waals surface area contributed by atoms with Crippen LogP contribution in [0.4, 0.5) is 0 Å². The summed E-state index contributed by atoms with van der Waals surface area (Å²) >= 11 is 3.35. The standard InChI is InChI=1S/C23H33N3O3S2/c1-15-12-17(27)13-16(2)19(15)14-20(24)22(28)26-21(8-11-30-3)23(29)25-9-4-6-18-7-5-10-31-18/h5,7,10,12-13,20-21,27H,4,6,8-9,11,14,24H2,1-3H3,(H,25,29)(H,26,28)/t20?,21-/m1/s1. The van der Waals surface area contributed by atoms with E-state index in [0.717, 1.165) is 35.3 Å². The van der Waals surface area contributed by atoms with Crippen molar-refractivity contribution in [2.45, 2.75) is 51.6 Å². The molecular formula is C23H33N3O3S2. The molecule has 1 aromatic heterocycles. The van der Waals surface area contributed by atoms with Crippen molar-refractivity contribution < 1.29 is 14.7 Å². The summed E-state index contributed by atoms with van der Waals surface area (Å²) in [6, 6.07) is 6.07. The van der Waals surface area contributed by atoms with Crippen LogP contribution in [0, 0.1) is 13.8 Å². The number of rotatable bonds is 12. The largest absolute Gasteiger partial charge is 0.508 e. The molecule has 31 heavy (non-hydrogen) atoms. The van der Waals surface area contributed by atoms with Gasteiger partial charge in [0.15, 0.2) is 0 Å². The van der Waals surface area contributed by atoms with Gasteiger partial charge in [0.1, 0.15) is 11.8 Å². The molecule has 1 heterocycles. The van der Waals surface area contributed by atoms with Crippen molar-refractivity contribution in [2.24, 2.45) is 5.73 Å². The average Bonchev–Trinajstić information content (AvgIpc) is 3.24. The summed E-state index contributed by atoms with van der Waals surface area (Å²) in [5.41, 5.74) is 8.90. The van der Waals surface area contributed by atoms with Crippen molar-refractivity contribution in [3.63, 3.8) is 0 Å². The van der Waals surface area contributed by atoms with Gasteiger partial charge < -0.3 is 21.5 Å². The number of carbonyl (C=O) groups excluding carboxylic acids is 2. The number of aromatic hydroxyl groups is 1. The van der Waals surface area contributed by atoms with Gasteiger partial charge in [-0.1, -0.05) is 6.07 Å². The maximum atomic E-state index is 12.7. The molecule has 2 amide bonds. The third kappa shape index (κ3) is 8.20. The summed E-state index contributed by atoms with van der Waals surface area (Å²) in [6.45, 7) is 4.34. The summed E-state index contributed by atoms with van der Waals surface area (Å²) in [4.78, 5) is 26.7. The van der Waals surface area contributed by atoms with Gasteiger partial charge in [0.25, 0.3) is 0 Å². The number of thioether (sulfide) groups is 1. The highest BCUT2D eigenvalue weighted by Crippen LogP contribution is 2.21. The summed E-state index contributed by atoms with van der Waals surface area (Å²) in [6.07, 6.45) is 4.65. The van der Waals surface area contributed by atoms with Crippen LogP contribution in [0.3, 0.4) is 0 Å². The molecule has 0 saturated carbocycles. The van der Waals surface area contributed by atoms with E-state index in [-0.39, 0.29) is 17.6 Å². The number of thiophene rings is 1. The molecule has 2 aromatic rings. The zero-order valence-corrected chi connectivity index (χ0v) is 20.1. The van der Waals surface area contributed by atoms with Crippen molar-refractivity contribution >= 4 is 34.9 Å². The number of nitrogens with two attached hydrogens (primary N) is 1. The van der Waals surface area contributed by atoms with Gasteiger partial charge in [0.05, 0.1) is 6.04 Å². The first-order valence-electron chi connectivity index (χ1n) is 10.5. The number of nitrogens with one attached hydrogen (secondary N) is 2. The monoisotopic (exact) mass is 463 g/mol. The fourth-order valence-electron chi connectivity index (χ4n) is 3.44. The third-order valence-corrected chi connectivity index (χ3v) is 6.74. The van der Waals surface area contributed by atoms with E-state index >= 15 is 0 Å². The van der Waals surface area contributed by atoms with Crippen LogP contribution in [0.5, 0.6) is 5.75 Å². The summed E-state index contributed by atoms with van der Waals surface area (Å²) in [7, 11) is 0. The quantitative estimate of drug-likeness (QED) is 0.362. The lowest BCUT2D eigenvalue weighted by atomic mass is 9.96. The molecular weight excluding hydrogens is 430 g/mol. The van der Waals surface area contributed by atoms with Gasteiger partial charge in [0.2, 0.25) is 11.8 Å². The molecule has 0 aliphatic heterocycles. The zero-order chi connectivity index (χ0) is 22.8. The van der Waals surface area contributed by atoms with Gasteiger partial charge in [-0.05, 0) is 91.8 Å². The van der Waals surface area contributed by atoms with Gasteiger partial charge in [-0.2, -0.15) is 11.8 Å². The van der Waals surface area contributed by atoms with Crippen LogP contribution in [0.25, 0.3) is 0 Å². The van der Waals surface area contributed by atoms with Gasteiger partial charge in [-0.3, -0.25) is 9.59 Å².